The predicted molar refractivity (Wildman–Crippen MR) is 183 cm³/mol. The van der Waals surface area contributed by atoms with Gasteiger partial charge in [0.25, 0.3) is 11.8 Å². The number of anilines is 1. The summed E-state index contributed by atoms with van der Waals surface area (Å²) in [7, 11) is 0. The zero-order valence-electron chi connectivity index (χ0n) is 26.3. The number of fused-ring (bicyclic) bond motifs is 2. The maximum absolute atomic E-state index is 14.2. The third-order valence-electron chi connectivity index (χ3n) is 7.53. The van der Waals surface area contributed by atoms with Crippen molar-refractivity contribution in [1.82, 2.24) is 14.5 Å². The van der Waals surface area contributed by atoms with Crippen LogP contribution in [0.3, 0.4) is 0 Å². The Morgan fingerprint density at radius 1 is 0.717 bits per heavy atom. The number of hydrogen-bond donors (Lipinski definition) is 0. The van der Waals surface area contributed by atoms with E-state index >= 15 is 0 Å². The molecule has 0 unspecified atom stereocenters. The molecule has 0 atom stereocenters. The number of amides is 2. The van der Waals surface area contributed by atoms with E-state index in [1.54, 1.807) is 16.7 Å². The first-order valence-electron chi connectivity index (χ1n) is 15.8. The molecule has 2 aromatic heterocycles. The number of ether oxygens (including phenoxy) is 1. The van der Waals surface area contributed by atoms with Crippen molar-refractivity contribution in [3.8, 4) is 0 Å². The topological polar surface area (TPSA) is 94.4 Å². The second-order valence-electron chi connectivity index (χ2n) is 10.9. The summed E-state index contributed by atoms with van der Waals surface area (Å²) in [5.41, 5.74) is 3.55. The van der Waals surface area contributed by atoms with E-state index in [0.717, 1.165) is 35.3 Å². The van der Waals surface area contributed by atoms with Gasteiger partial charge in [-0.2, -0.15) is 0 Å². The molecule has 5 aromatic rings. The molecule has 0 saturated heterocycles. The van der Waals surface area contributed by atoms with Crippen molar-refractivity contribution in [2.24, 2.45) is 0 Å². The van der Waals surface area contributed by atoms with Crippen LogP contribution >= 0.6 is 0 Å². The number of aromatic nitrogens is 3. The number of rotatable bonds is 13. The van der Waals surface area contributed by atoms with Crippen LogP contribution in [-0.4, -0.2) is 38.9 Å². The fourth-order valence-corrected chi connectivity index (χ4v) is 5.16. The van der Waals surface area contributed by atoms with Crippen LogP contribution in [0.5, 0.6) is 0 Å². The molecule has 0 aliphatic rings. The smallest absolute Gasteiger partial charge is 0.344 e. The molecule has 5 rings (SSSR count). The van der Waals surface area contributed by atoms with Crippen LogP contribution in [0.15, 0.2) is 97.1 Å². The van der Waals surface area contributed by atoms with E-state index in [9.17, 15) is 14.4 Å². The minimum Gasteiger partial charge on any atom is -0.462 e. The SMILES string of the molecule is CCCCCOC(=O)c1c(N(C(=O)C=Cc2ccccc2)C(=O)C=Cc2ccccc2)n(CCCC)c2nc3ccccc3nc12. The average Bonchev–Trinajstić information content (AvgIpc) is 3.39. The van der Waals surface area contributed by atoms with Crippen molar-refractivity contribution in [1.29, 1.82) is 0 Å². The summed E-state index contributed by atoms with van der Waals surface area (Å²) in [4.78, 5) is 53.1. The number of para-hydroxylation sites is 2. The van der Waals surface area contributed by atoms with Gasteiger partial charge in [0.1, 0.15) is 16.9 Å². The lowest BCUT2D eigenvalue weighted by molar-refractivity contribution is -0.121. The number of carbonyl (C=O) groups excluding carboxylic acids is 3. The van der Waals surface area contributed by atoms with Crippen molar-refractivity contribution in [2.45, 2.75) is 52.5 Å². The number of carbonyl (C=O) groups is 3. The van der Waals surface area contributed by atoms with E-state index in [0.29, 0.717) is 36.1 Å². The molecule has 2 amide bonds. The van der Waals surface area contributed by atoms with E-state index in [1.807, 2.05) is 84.9 Å². The third-order valence-corrected chi connectivity index (χ3v) is 7.53. The van der Waals surface area contributed by atoms with Crippen LogP contribution in [0.25, 0.3) is 34.3 Å². The highest BCUT2D eigenvalue weighted by molar-refractivity contribution is 6.26. The Hall–Kier alpha value is -5.37. The molecule has 46 heavy (non-hydrogen) atoms. The molecule has 8 heteroatoms. The molecule has 2 heterocycles. The molecule has 0 N–H and O–H groups in total. The fraction of sp³-hybridized carbons (Fsp3) is 0.237. The summed E-state index contributed by atoms with van der Waals surface area (Å²) in [5.74, 6) is -1.78. The van der Waals surface area contributed by atoms with Gasteiger partial charge in [-0.25, -0.2) is 19.7 Å². The minimum atomic E-state index is -0.652. The van der Waals surface area contributed by atoms with Crippen LogP contribution in [0, 0.1) is 0 Å². The van der Waals surface area contributed by atoms with Crippen LogP contribution in [0.2, 0.25) is 0 Å². The molecular formula is C38H38N4O4. The van der Waals surface area contributed by atoms with Gasteiger partial charge in [0.05, 0.1) is 17.6 Å². The number of esters is 1. The molecule has 0 spiro atoms. The first-order valence-corrected chi connectivity index (χ1v) is 15.8. The maximum Gasteiger partial charge on any atom is 0.344 e. The Morgan fingerprint density at radius 2 is 1.26 bits per heavy atom. The zero-order valence-corrected chi connectivity index (χ0v) is 26.3. The van der Waals surface area contributed by atoms with Crippen molar-refractivity contribution in [2.75, 3.05) is 11.5 Å². The van der Waals surface area contributed by atoms with Gasteiger partial charge in [0, 0.05) is 18.7 Å². The highest BCUT2D eigenvalue weighted by atomic mass is 16.5. The maximum atomic E-state index is 14.2. The summed E-state index contributed by atoms with van der Waals surface area (Å²) in [6.07, 6.45) is 10.1. The van der Waals surface area contributed by atoms with E-state index in [1.165, 1.54) is 12.2 Å². The van der Waals surface area contributed by atoms with Crippen molar-refractivity contribution >= 4 is 58.0 Å². The minimum absolute atomic E-state index is 0.0452. The van der Waals surface area contributed by atoms with E-state index in [4.69, 9.17) is 14.7 Å². The molecule has 0 saturated carbocycles. The van der Waals surface area contributed by atoms with E-state index < -0.39 is 17.8 Å². The molecule has 0 fully saturated rings. The van der Waals surface area contributed by atoms with Crippen molar-refractivity contribution in [3.63, 3.8) is 0 Å². The summed E-state index contributed by atoms with van der Waals surface area (Å²) in [6, 6.07) is 26.1. The number of benzene rings is 3. The Morgan fingerprint density at radius 3 is 1.83 bits per heavy atom. The average molecular weight is 615 g/mol. The number of hydrogen-bond acceptors (Lipinski definition) is 6. The van der Waals surface area contributed by atoms with Crippen LogP contribution in [0.1, 0.15) is 67.4 Å². The van der Waals surface area contributed by atoms with Gasteiger partial charge in [-0.05, 0) is 48.3 Å². The largest absolute Gasteiger partial charge is 0.462 e. The van der Waals surface area contributed by atoms with Gasteiger partial charge < -0.3 is 9.30 Å². The molecule has 0 aliphatic heterocycles. The Labute approximate surface area is 269 Å². The molecule has 8 nitrogen and oxygen atoms in total. The number of aryl methyl sites for hydroxylation is 1. The first-order chi connectivity index (χ1) is 22.5. The molecule has 0 bridgehead atoms. The van der Waals surface area contributed by atoms with Gasteiger partial charge in [0.15, 0.2) is 5.65 Å². The molecule has 0 aliphatic carbocycles. The van der Waals surface area contributed by atoms with Crippen LogP contribution < -0.4 is 4.90 Å². The normalized spacial score (nSPS) is 11.5. The number of unbranched alkanes of at least 4 members (excludes halogenated alkanes) is 3. The lowest BCUT2D eigenvalue weighted by atomic mass is 10.2. The van der Waals surface area contributed by atoms with Gasteiger partial charge >= 0.3 is 5.97 Å². The summed E-state index contributed by atoms with van der Waals surface area (Å²) in [6.45, 7) is 4.73. The Balaban J connectivity index is 1.73. The molecule has 234 valence electrons. The zero-order chi connectivity index (χ0) is 32.3. The predicted octanol–water partition coefficient (Wildman–Crippen LogP) is 8.02. The summed E-state index contributed by atoms with van der Waals surface area (Å²) >= 11 is 0. The second-order valence-corrected chi connectivity index (χ2v) is 10.9. The summed E-state index contributed by atoms with van der Waals surface area (Å²) in [5, 5.41) is 0. The Bertz CT molecular complexity index is 1820. The summed E-state index contributed by atoms with van der Waals surface area (Å²) < 4.78 is 7.54. The second kappa shape index (κ2) is 15.6. The first kappa shape index (κ1) is 32.0. The Kier molecular flexibility index (Phi) is 10.8. The van der Waals surface area contributed by atoms with E-state index in [-0.39, 0.29) is 23.5 Å². The quantitative estimate of drug-likeness (QED) is 0.0757. The lowest BCUT2D eigenvalue weighted by Crippen LogP contribution is -2.37. The lowest BCUT2D eigenvalue weighted by Gasteiger charge is -2.22. The molecule has 3 aromatic carbocycles. The van der Waals surface area contributed by atoms with Crippen molar-refractivity contribution < 1.29 is 19.1 Å². The van der Waals surface area contributed by atoms with Gasteiger partial charge in [-0.15, -0.1) is 0 Å². The van der Waals surface area contributed by atoms with Crippen molar-refractivity contribution in [3.05, 3.63) is 114 Å². The number of nitrogens with zero attached hydrogens (tertiary/aromatic N) is 4. The highest BCUT2D eigenvalue weighted by Gasteiger charge is 2.34. The van der Waals surface area contributed by atoms with Gasteiger partial charge in [-0.1, -0.05) is 106 Å². The molecule has 0 radical (unpaired) electrons. The third kappa shape index (κ3) is 7.46. The van der Waals surface area contributed by atoms with E-state index in [2.05, 4.69) is 13.8 Å². The highest BCUT2D eigenvalue weighted by Crippen LogP contribution is 2.34. The van der Waals surface area contributed by atoms with Gasteiger partial charge in [-0.3, -0.25) is 9.59 Å². The monoisotopic (exact) mass is 614 g/mol. The van der Waals surface area contributed by atoms with Crippen LogP contribution in [0.4, 0.5) is 5.82 Å². The standard InChI is InChI=1S/C38H38N4O4/c1-3-5-15-27-46-38(45)34-35-36(40-31-21-14-13-20-30(31)39-35)41(26-6-4-2)37(34)42(32(43)24-22-28-16-9-7-10-17-28)33(44)25-23-29-18-11-8-12-19-29/h7-14,16-25H,3-6,15,26-27H2,1-2H3. The number of imide groups is 1. The molecular weight excluding hydrogens is 576 g/mol. The van der Waals surface area contributed by atoms with Gasteiger partial charge in [0.2, 0.25) is 0 Å². The fourth-order valence-electron chi connectivity index (χ4n) is 5.16. The van der Waals surface area contributed by atoms with Crippen LogP contribution in [-0.2, 0) is 20.9 Å².